The quantitative estimate of drug-likeness (QED) is 0.531. The van der Waals surface area contributed by atoms with Gasteiger partial charge in [-0.15, -0.1) is 0 Å². The zero-order valence-corrected chi connectivity index (χ0v) is 8.06. The summed E-state index contributed by atoms with van der Waals surface area (Å²) in [6.07, 6.45) is 11.6. The number of hydrogen-bond donors (Lipinski definition) is 0. The Morgan fingerprint density at radius 1 is 1.27 bits per heavy atom. The predicted octanol–water partition coefficient (Wildman–Crippen LogP) is 4.09. The van der Waals surface area contributed by atoms with Crippen LogP contribution in [0.15, 0.2) is 23.8 Å². The SMILES string of the molecule is CC1=CC=CCC1.CCCC. The van der Waals surface area contributed by atoms with Crippen molar-refractivity contribution in [3.8, 4) is 0 Å². The molecular formula is C11H20. The minimum absolute atomic E-state index is 1.24. The summed E-state index contributed by atoms with van der Waals surface area (Å²) in [5.41, 5.74) is 1.50. The van der Waals surface area contributed by atoms with Crippen molar-refractivity contribution in [3.05, 3.63) is 23.8 Å². The van der Waals surface area contributed by atoms with Crippen LogP contribution in [0.3, 0.4) is 0 Å². The molecule has 0 aromatic carbocycles. The van der Waals surface area contributed by atoms with Gasteiger partial charge in [0.25, 0.3) is 0 Å². The Bertz CT molecular complexity index is 127. The van der Waals surface area contributed by atoms with Gasteiger partial charge in [0.15, 0.2) is 0 Å². The van der Waals surface area contributed by atoms with E-state index in [1.165, 1.54) is 31.3 Å². The van der Waals surface area contributed by atoms with E-state index < -0.39 is 0 Å². The fraction of sp³-hybridized carbons (Fsp3) is 0.636. The lowest BCUT2D eigenvalue weighted by Crippen LogP contribution is -1.78. The number of allylic oxidation sites excluding steroid dienone is 4. The van der Waals surface area contributed by atoms with Crippen molar-refractivity contribution in [2.45, 2.75) is 46.5 Å². The van der Waals surface area contributed by atoms with Crippen molar-refractivity contribution in [2.24, 2.45) is 0 Å². The standard InChI is InChI=1S/C7H10.C4H10/c1-7-5-3-2-4-6-7;1-3-4-2/h2-3,5H,4,6H2,1H3;3-4H2,1-2H3. The molecule has 0 nitrogen and oxygen atoms in total. The first-order chi connectivity index (χ1) is 5.31. The third-order valence-electron chi connectivity index (χ3n) is 1.72. The molecule has 1 aliphatic rings. The Morgan fingerprint density at radius 2 is 1.91 bits per heavy atom. The lowest BCUT2D eigenvalue weighted by molar-refractivity contribution is 0.886. The molecule has 0 saturated carbocycles. The van der Waals surface area contributed by atoms with Crippen LogP contribution in [0, 0.1) is 0 Å². The maximum absolute atomic E-state index is 2.20. The lowest BCUT2D eigenvalue weighted by Gasteiger charge is -1.98. The Kier molecular flexibility index (Phi) is 7.23. The van der Waals surface area contributed by atoms with E-state index in [0.717, 1.165) is 0 Å². The molecule has 11 heavy (non-hydrogen) atoms. The highest BCUT2D eigenvalue weighted by Crippen LogP contribution is 2.08. The fourth-order valence-corrected chi connectivity index (χ4v) is 0.723. The third-order valence-corrected chi connectivity index (χ3v) is 1.72. The Balaban J connectivity index is 0.000000218. The van der Waals surface area contributed by atoms with Crippen molar-refractivity contribution in [1.82, 2.24) is 0 Å². The molecule has 0 spiro atoms. The van der Waals surface area contributed by atoms with Gasteiger partial charge in [-0.3, -0.25) is 0 Å². The molecule has 0 atom stereocenters. The molecule has 0 unspecified atom stereocenters. The zero-order valence-electron chi connectivity index (χ0n) is 8.06. The molecule has 1 rings (SSSR count). The lowest BCUT2D eigenvalue weighted by atomic mass is 10.1. The predicted molar refractivity (Wildman–Crippen MR) is 52.7 cm³/mol. The molecule has 0 aliphatic heterocycles. The minimum Gasteiger partial charge on any atom is -0.0842 e. The summed E-state index contributed by atoms with van der Waals surface area (Å²) < 4.78 is 0. The summed E-state index contributed by atoms with van der Waals surface area (Å²) in [4.78, 5) is 0. The second-order valence-electron chi connectivity index (χ2n) is 2.98. The van der Waals surface area contributed by atoms with Crippen molar-refractivity contribution < 1.29 is 0 Å². The van der Waals surface area contributed by atoms with Crippen LogP contribution in [0.5, 0.6) is 0 Å². The van der Waals surface area contributed by atoms with E-state index in [2.05, 4.69) is 39.0 Å². The van der Waals surface area contributed by atoms with Crippen LogP contribution in [-0.4, -0.2) is 0 Å². The first-order valence-corrected chi connectivity index (χ1v) is 4.63. The Hall–Kier alpha value is -0.520. The molecular weight excluding hydrogens is 132 g/mol. The summed E-state index contributed by atoms with van der Waals surface area (Å²) in [7, 11) is 0. The molecule has 0 N–H and O–H groups in total. The van der Waals surface area contributed by atoms with Crippen molar-refractivity contribution in [2.75, 3.05) is 0 Å². The summed E-state index contributed by atoms with van der Waals surface area (Å²) >= 11 is 0. The molecule has 0 amide bonds. The van der Waals surface area contributed by atoms with Crippen LogP contribution >= 0.6 is 0 Å². The number of rotatable bonds is 1. The molecule has 64 valence electrons. The molecule has 0 radical (unpaired) electrons. The number of unbranched alkanes of at least 4 members (excludes halogenated alkanes) is 1. The van der Waals surface area contributed by atoms with Crippen molar-refractivity contribution >= 4 is 0 Å². The molecule has 0 aromatic rings. The van der Waals surface area contributed by atoms with Crippen LogP contribution in [0.1, 0.15) is 46.5 Å². The highest BCUT2D eigenvalue weighted by atomic mass is 13.9. The molecule has 0 aromatic heterocycles. The van der Waals surface area contributed by atoms with E-state index in [1.54, 1.807) is 0 Å². The molecule has 0 fully saturated rings. The molecule has 0 heterocycles. The first kappa shape index (κ1) is 10.5. The van der Waals surface area contributed by atoms with Crippen LogP contribution in [0.2, 0.25) is 0 Å². The van der Waals surface area contributed by atoms with Gasteiger partial charge in [-0.2, -0.15) is 0 Å². The van der Waals surface area contributed by atoms with E-state index in [-0.39, 0.29) is 0 Å². The van der Waals surface area contributed by atoms with E-state index in [0.29, 0.717) is 0 Å². The number of hydrogen-bond acceptors (Lipinski definition) is 0. The third kappa shape index (κ3) is 7.38. The van der Waals surface area contributed by atoms with Gasteiger partial charge < -0.3 is 0 Å². The maximum atomic E-state index is 2.20. The summed E-state index contributed by atoms with van der Waals surface area (Å²) in [6, 6.07) is 0. The van der Waals surface area contributed by atoms with Crippen molar-refractivity contribution in [1.29, 1.82) is 0 Å². The normalized spacial score (nSPS) is 15.0. The highest BCUT2D eigenvalue weighted by molar-refractivity contribution is 5.15. The van der Waals surface area contributed by atoms with Gasteiger partial charge in [-0.25, -0.2) is 0 Å². The smallest absolute Gasteiger partial charge is 0.0285 e. The van der Waals surface area contributed by atoms with Gasteiger partial charge in [0.05, 0.1) is 0 Å². The monoisotopic (exact) mass is 152 g/mol. The van der Waals surface area contributed by atoms with Crippen LogP contribution < -0.4 is 0 Å². The van der Waals surface area contributed by atoms with Gasteiger partial charge in [0.1, 0.15) is 0 Å². The second kappa shape index (κ2) is 7.59. The van der Waals surface area contributed by atoms with E-state index in [1.807, 2.05) is 0 Å². The zero-order chi connectivity index (χ0) is 8.53. The van der Waals surface area contributed by atoms with Gasteiger partial charge in [-0.1, -0.05) is 50.5 Å². The molecule has 0 saturated heterocycles. The van der Waals surface area contributed by atoms with E-state index in [4.69, 9.17) is 0 Å². The average molecular weight is 152 g/mol. The second-order valence-corrected chi connectivity index (χ2v) is 2.98. The Labute approximate surface area is 71.0 Å². The minimum atomic E-state index is 1.24. The topological polar surface area (TPSA) is 0 Å². The molecule has 0 heteroatoms. The van der Waals surface area contributed by atoms with Gasteiger partial charge in [0, 0.05) is 0 Å². The van der Waals surface area contributed by atoms with Gasteiger partial charge in [-0.05, 0) is 19.8 Å². The van der Waals surface area contributed by atoms with Gasteiger partial charge in [0.2, 0.25) is 0 Å². The summed E-state index contributed by atoms with van der Waals surface area (Å²) in [5.74, 6) is 0. The first-order valence-electron chi connectivity index (χ1n) is 4.63. The largest absolute Gasteiger partial charge is 0.0842 e. The summed E-state index contributed by atoms with van der Waals surface area (Å²) in [5, 5.41) is 0. The fourth-order valence-electron chi connectivity index (χ4n) is 0.723. The Morgan fingerprint density at radius 3 is 2.09 bits per heavy atom. The van der Waals surface area contributed by atoms with Gasteiger partial charge >= 0.3 is 0 Å². The van der Waals surface area contributed by atoms with Crippen LogP contribution in [0.25, 0.3) is 0 Å². The van der Waals surface area contributed by atoms with Crippen LogP contribution in [-0.2, 0) is 0 Å². The average Bonchev–Trinajstić information content (AvgIpc) is 2.07. The maximum Gasteiger partial charge on any atom is -0.0285 e. The van der Waals surface area contributed by atoms with E-state index >= 15 is 0 Å². The molecule has 1 aliphatic carbocycles. The van der Waals surface area contributed by atoms with Crippen molar-refractivity contribution in [3.63, 3.8) is 0 Å². The van der Waals surface area contributed by atoms with Crippen LogP contribution in [0.4, 0.5) is 0 Å². The highest BCUT2D eigenvalue weighted by Gasteiger charge is 1.88. The summed E-state index contributed by atoms with van der Waals surface area (Å²) in [6.45, 7) is 6.53. The molecule has 0 bridgehead atoms. The van der Waals surface area contributed by atoms with E-state index in [9.17, 15) is 0 Å².